The van der Waals surface area contributed by atoms with Crippen LogP contribution in [0.25, 0.3) is 11.2 Å². The van der Waals surface area contributed by atoms with E-state index in [9.17, 15) is 4.79 Å². The maximum absolute atomic E-state index is 12.4. The van der Waals surface area contributed by atoms with Gasteiger partial charge in [0.2, 0.25) is 0 Å². The topological polar surface area (TPSA) is 152 Å². The Labute approximate surface area is 223 Å². The molecule has 0 spiro atoms. The van der Waals surface area contributed by atoms with E-state index < -0.39 is 0 Å². The molecule has 0 saturated heterocycles. The minimum atomic E-state index is -0.161. The van der Waals surface area contributed by atoms with E-state index in [0.29, 0.717) is 45.4 Å². The second-order valence-corrected chi connectivity index (χ2v) is 8.75. The number of hydrogen-bond acceptors (Lipinski definition) is 8. The SMILES string of the molecule is Cc1nc2nc(Oc3cc(C(=N)N)ccc3Oc3ccccc3)nc(Oc3cccc(C(=O)N(C)C)c3)c2[nH]1. The standard InChI is InChI=1S/C28H25N7O4/c1-16-31-23-25(32-16)33-28(34-26(23)38-20-11-7-8-18(14-20)27(36)35(2)3)39-22-15-17(24(29)30)12-13-21(22)37-19-9-5-4-6-10-19/h4-15H,1-3H3,(H3,29,30)(H,31,32,33,34). The number of ether oxygens (including phenoxy) is 3. The largest absolute Gasteiger partial charge is 0.453 e. The first-order valence-corrected chi connectivity index (χ1v) is 11.9. The molecule has 2 heterocycles. The summed E-state index contributed by atoms with van der Waals surface area (Å²) in [5.41, 5.74) is 7.39. The summed E-state index contributed by atoms with van der Waals surface area (Å²) in [5, 5.41) is 7.84. The van der Waals surface area contributed by atoms with Gasteiger partial charge in [0.15, 0.2) is 17.1 Å². The number of nitrogens with zero attached hydrogens (tertiary/aromatic N) is 4. The molecule has 1 amide bonds. The van der Waals surface area contributed by atoms with Gasteiger partial charge in [0.05, 0.1) is 0 Å². The van der Waals surface area contributed by atoms with Crippen molar-refractivity contribution in [3.8, 4) is 34.9 Å². The Balaban J connectivity index is 1.53. The molecule has 0 saturated carbocycles. The highest BCUT2D eigenvalue weighted by Crippen LogP contribution is 2.36. The molecule has 0 bridgehead atoms. The number of amidine groups is 1. The Bertz CT molecular complexity index is 1680. The van der Waals surface area contributed by atoms with Gasteiger partial charge in [-0.15, -0.1) is 0 Å². The van der Waals surface area contributed by atoms with Crippen LogP contribution in [0.3, 0.4) is 0 Å². The van der Waals surface area contributed by atoms with E-state index in [1.807, 2.05) is 18.2 Å². The van der Waals surface area contributed by atoms with Crippen LogP contribution in [-0.2, 0) is 0 Å². The molecule has 0 atom stereocenters. The van der Waals surface area contributed by atoms with E-state index in [-0.39, 0.29) is 29.4 Å². The summed E-state index contributed by atoms with van der Waals surface area (Å²) < 4.78 is 18.2. The Kier molecular flexibility index (Phi) is 6.79. The zero-order chi connectivity index (χ0) is 27.5. The van der Waals surface area contributed by atoms with Crippen molar-refractivity contribution in [2.45, 2.75) is 6.92 Å². The first kappa shape index (κ1) is 25.2. The number of para-hydroxylation sites is 1. The molecule has 11 heteroatoms. The fourth-order valence-electron chi connectivity index (χ4n) is 3.70. The predicted octanol–water partition coefficient (Wildman–Crippen LogP) is 5.02. The summed E-state index contributed by atoms with van der Waals surface area (Å²) in [6.45, 7) is 1.78. The van der Waals surface area contributed by atoms with Gasteiger partial charge in [0, 0.05) is 25.2 Å². The quantitative estimate of drug-likeness (QED) is 0.189. The van der Waals surface area contributed by atoms with Crippen molar-refractivity contribution in [3.05, 3.63) is 89.7 Å². The molecule has 11 nitrogen and oxygen atoms in total. The van der Waals surface area contributed by atoms with E-state index in [4.69, 9.17) is 25.4 Å². The number of hydrogen-bond donors (Lipinski definition) is 3. The number of carbonyl (C=O) groups is 1. The third-order valence-corrected chi connectivity index (χ3v) is 5.54. The Hall–Kier alpha value is -5.45. The lowest BCUT2D eigenvalue weighted by molar-refractivity contribution is 0.0827. The monoisotopic (exact) mass is 523 g/mol. The van der Waals surface area contributed by atoms with Crippen molar-refractivity contribution in [1.29, 1.82) is 5.41 Å². The van der Waals surface area contributed by atoms with Crippen molar-refractivity contribution < 1.29 is 19.0 Å². The van der Waals surface area contributed by atoms with Crippen LogP contribution in [0.1, 0.15) is 21.7 Å². The molecule has 5 rings (SSSR count). The molecule has 196 valence electrons. The number of fused-ring (bicyclic) bond motifs is 1. The second-order valence-electron chi connectivity index (χ2n) is 8.75. The number of rotatable bonds is 8. The lowest BCUT2D eigenvalue weighted by Gasteiger charge is -2.14. The molecular weight excluding hydrogens is 498 g/mol. The number of nitrogens with two attached hydrogens (primary N) is 1. The molecule has 2 aromatic heterocycles. The van der Waals surface area contributed by atoms with Crippen LogP contribution in [0.4, 0.5) is 0 Å². The zero-order valence-corrected chi connectivity index (χ0v) is 21.4. The van der Waals surface area contributed by atoms with E-state index in [1.54, 1.807) is 75.6 Å². The summed E-state index contributed by atoms with van der Waals surface area (Å²) >= 11 is 0. The molecule has 3 aromatic carbocycles. The van der Waals surface area contributed by atoms with Gasteiger partial charge in [-0.2, -0.15) is 9.97 Å². The van der Waals surface area contributed by atoms with E-state index in [1.165, 1.54) is 4.90 Å². The highest BCUT2D eigenvalue weighted by molar-refractivity contribution is 5.95. The van der Waals surface area contributed by atoms with Gasteiger partial charge in [0.1, 0.15) is 28.7 Å². The number of benzene rings is 3. The van der Waals surface area contributed by atoms with Crippen molar-refractivity contribution in [2.75, 3.05) is 14.1 Å². The van der Waals surface area contributed by atoms with Crippen LogP contribution in [0, 0.1) is 12.3 Å². The Morgan fingerprint density at radius 3 is 2.36 bits per heavy atom. The average Bonchev–Trinajstić information content (AvgIpc) is 3.30. The molecule has 0 fully saturated rings. The third-order valence-electron chi connectivity index (χ3n) is 5.54. The number of amides is 1. The highest BCUT2D eigenvalue weighted by atomic mass is 16.5. The van der Waals surface area contributed by atoms with Crippen LogP contribution < -0.4 is 19.9 Å². The van der Waals surface area contributed by atoms with Crippen LogP contribution >= 0.6 is 0 Å². The molecule has 39 heavy (non-hydrogen) atoms. The lowest BCUT2D eigenvalue weighted by atomic mass is 10.2. The smallest absolute Gasteiger partial charge is 0.327 e. The molecule has 0 unspecified atom stereocenters. The second kappa shape index (κ2) is 10.5. The van der Waals surface area contributed by atoms with Crippen molar-refractivity contribution in [1.82, 2.24) is 24.8 Å². The summed E-state index contributed by atoms with van der Waals surface area (Å²) in [4.78, 5) is 30.3. The summed E-state index contributed by atoms with van der Waals surface area (Å²) in [5.74, 6) is 2.05. The van der Waals surface area contributed by atoms with Gasteiger partial charge in [-0.1, -0.05) is 24.3 Å². The Morgan fingerprint density at radius 1 is 0.846 bits per heavy atom. The molecular formula is C28H25N7O4. The molecule has 4 N–H and O–H groups in total. The number of aromatic amines is 1. The van der Waals surface area contributed by atoms with Crippen LogP contribution in [-0.4, -0.2) is 50.7 Å². The Morgan fingerprint density at radius 2 is 1.62 bits per heavy atom. The van der Waals surface area contributed by atoms with E-state index >= 15 is 0 Å². The van der Waals surface area contributed by atoms with Gasteiger partial charge in [-0.25, -0.2) is 4.98 Å². The number of H-pyrrole nitrogens is 1. The predicted molar refractivity (Wildman–Crippen MR) is 145 cm³/mol. The summed E-state index contributed by atoms with van der Waals surface area (Å²) in [6, 6.07) is 20.8. The number of aryl methyl sites for hydroxylation is 1. The lowest BCUT2D eigenvalue weighted by Crippen LogP contribution is -2.21. The first-order chi connectivity index (χ1) is 18.8. The van der Waals surface area contributed by atoms with Gasteiger partial charge in [-0.3, -0.25) is 10.2 Å². The van der Waals surface area contributed by atoms with Crippen molar-refractivity contribution >= 4 is 22.9 Å². The molecule has 0 aliphatic carbocycles. The number of imidazole rings is 1. The van der Waals surface area contributed by atoms with Gasteiger partial charge >= 0.3 is 6.01 Å². The van der Waals surface area contributed by atoms with E-state index in [0.717, 1.165) is 0 Å². The maximum Gasteiger partial charge on any atom is 0.327 e. The number of nitrogen functional groups attached to an aromatic ring is 1. The van der Waals surface area contributed by atoms with Crippen LogP contribution in [0.15, 0.2) is 72.8 Å². The molecule has 0 aliphatic heterocycles. The van der Waals surface area contributed by atoms with Crippen molar-refractivity contribution in [3.63, 3.8) is 0 Å². The molecule has 0 aliphatic rings. The minimum Gasteiger partial charge on any atom is -0.453 e. The van der Waals surface area contributed by atoms with Crippen molar-refractivity contribution in [2.24, 2.45) is 5.73 Å². The van der Waals surface area contributed by atoms with Crippen LogP contribution in [0.2, 0.25) is 0 Å². The fourth-order valence-corrected chi connectivity index (χ4v) is 3.70. The number of aromatic nitrogens is 4. The highest BCUT2D eigenvalue weighted by Gasteiger charge is 2.18. The zero-order valence-electron chi connectivity index (χ0n) is 21.4. The normalized spacial score (nSPS) is 10.7. The first-order valence-electron chi connectivity index (χ1n) is 11.9. The van der Waals surface area contributed by atoms with Crippen LogP contribution in [0.5, 0.6) is 34.9 Å². The van der Waals surface area contributed by atoms with Gasteiger partial charge < -0.3 is 29.8 Å². The van der Waals surface area contributed by atoms with Gasteiger partial charge in [0.25, 0.3) is 11.8 Å². The summed E-state index contributed by atoms with van der Waals surface area (Å²) in [6.07, 6.45) is 0. The van der Waals surface area contributed by atoms with E-state index in [2.05, 4.69) is 19.9 Å². The average molecular weight is 524 g/mol. The maximum atomic E-state index is 12.4. The molecule has 0 radical (unpaired) electrons. The number of carbonyl (C=O) groups excluding carboxylic acids is 1. The minimum absolute atomic E-state index is 0.0665. The number of nitrogens with one attached hydrogen (secondary N) is 2. The molecule has 5 aromatic rings. The van der Waals surface area contributed by atoms with Gasteiger partial charge in [-0.05, 0) is 55.5 Å². The summed E-state index contributed by atoms with van der Waals surface area (Å²) in [7, 11) is 3.36. The third kappa shape index (κ3) is 5.62. The fraction of sp³-hybridized carbons (Fsp3) is 0.107.